The molecule has 1 aromatic carbocycles. The highest BCUT2D eigenvalue weighted by Crippen LogP contribution is 2.37. The minimum Gasteiger partial charge on any atom is -0.397 e. The van der Waals surface area contributed by atoms with E-state index in [9.17, 15) is 13.2 Å². The summed E-state index contributed by atoms with van der Waals surface area (Å²) in [6.07, 6.45) is -4.49. The lowest BCUT2D eigenvalue weighted by Gasteiger charge is -2.22. The van der Waals surface area contributed by atoms with E-state index in [1.54, 1.807) is 0 Å². The van der Waals surface area contributed by atoms with Gasteiger partial charge in [0, 0.05) is 12.6 Å². The van der Waals surface area contributed by atoms with E-state index in [1.165, 1.54) is 6.07 Å². The highest BCUT2D eigenvalue weighted by molar-refractivity contribution is 6.33. The SMILES string of the molecule is CC(C)N(C)Cc1cc(Cl)c(N)c(C(F)(F)F)c1. The standard InChI is InChI=1S/C12H16ClF3N2/c1-7(2)18(3)6-8-4-9(12(14,15)16)11(17)10(13)5-8/h4-5,7H,6,17H2,1-3H3. The van der Waals surface area contributed by atoms with E-state index in [4.69, 9.17) is 17.3 Å². The molecule has 6 heteroatoms. The summed E-state index contributed by atoms with van der Waals surface area (Å²) >= 11 is 5.74. The molecule has 0 fully saturated rings. The minimum atomic E-state index is -4.49. The van der Waals surface area contributed by atoms with Gasteiger partial charge in [-0.1, -0.05) is 11.6 Å². The lowest BCUT2D eigenvalue weighted by atomic mass is 10.1. The molecular formula is C12H16ClF3N2. The number of benzene rings is 1. The Kier molecular flexibility index (Phi) is 4.50. The minimum absolute atomic E-state index is 0.0584. The lowest BCUT2D eigenvalue weighted by molar-refractivity contribution is -0.137. The van der Waals surface area contributed by atoms with Gasteiger partial charge in [0.05, 0.1) is 16.3 Å². The molecule has 0 amide bonds. The molecule has 0 bridgehead atoms. The molecular weight excluding hydrogens is 265 g/mol. The van der Waals surface area contributed by atoms with Crippen molar-refractivity contribution in [1.82, 2.24) is 4.90 Å². The van der Waals surface area contributed by atoms with Gasteiger partial charge in [-0.3, -0.25) is 4.90 Å². The summed E-state index contributed by atoms with van der Waals surface area (Å²) < 4.78 is 38.3. The second-order valence-corrected chi connectivity index (χ2v) is 4.95. The van der Waals surface area contributed by atoms with Gasteiger partial charge in [0.2, 0.25) is 0 Å². The van der Waals surface area contributed by atoms with Crippen LogP contribution in [0.15, 0.2) is 12.1 Å². The molecule has 0 saturated heterocycles. The molecule has 1 aromatic rings. The van der Waals surface area contributed by atoms with Gasteiger partial charge >= 0.3 is 6.18 Å². The first-order chi connectivity index (χ1) is 8.12. The van der Waals surface area contributed by atoms with Crippen molar-refractivity contribution >= 4 is 17.3 Å². The van der Waals surface area contributed by atoms with Crippen LogP contribution in [0.1, 0.15) is 25.0 Å². The molecule has 102 valence electrons. The van der Waals surface area contributed by atoms with Crippen LogP contribution < -0.4 is 5.73 Å². The van der Waals surface area contributed by atoms with Crippen LogP contribution in [0.5, 0.6) is 0 Å². The number of rotatable bonds is 3. The number of hydrogen-bond donors (Lipinski definition) is 1. The maximum atomic E-state index is 12.8. The molecule has 0 radical (unpaired) electrons. The average Bonchev–Trinajstić information content (AvgIpc) is 2.21. The van der Waals surface area contributed by atoms with Crippen molar-refractivity contribution < 1.29 is 13.2 Å². The normalized spacial score (nSPS) is 12.5. The Labute approximate surface area is 110 Å². The zero-order valence-electron chi connectivity index (χ0n) is 10.5. The van der Waals surface area contributed by atoms with Gasteiger partial charge in [-0.2, -0.15) is 13.2 Å². The summed E-state index contributed by atoms with van der Waals surface area (Å²) in [5.74, 6) is 0. The first kappa shape index (κ1) is 15.1. The summed E-state index contributed by atoms with van der Waals surface area (Å²) in [6, 6.07) is 2.76. The molecule has 0 atom stereocenters. The number of nitrogens with two attached hydrogens (primary N) is 1. The van der Waals surface area contributed by atoms with Crippen LogP contribution in [0.25, 0.3) is 0 Å². The molecule has 0 spiro atoms. The van der Waals surface area contributed by atoms with Gasteiger partial charge in [-0.25, -0.2) is 0 Å². The average molecular weight is 281 g/mol. The zero-order valence-corrected chi connectivity index (χ0v) is 11.2. The van der Waals surface area contributed by atoms with Gasteiger partial charge in [0.25, 0.3) is 0 Å². The fraction of sp³-hybridized carbons (Fsp3) is 0.500. The Morgan fingerprint density at radius 3 is 2.33 bits per heavy atom. The predicted octanol–water partition coefficient (Wildman–Crippen LogP) is 3.78. The van der Waals surface area contributed by atoms with Crippen LogP contribution >= 0.6 is 11.6 Å². The predicted molar refractivity (Wildman–Crippen MR) is 67.5 cm³/mol. The summed E-state index contributed by atoms with van der Waals surface area (Å²) in [5.41, 5.74) is 4.57. The monoisotopic (exact) mass is 280 g/mol. The van der Waals surface area contributed by atoms with Crippen molar-refractivity contribution in [2.75, 3.05) is 12.8 Å². The van der Waals surface area contributed by atoms with Crippen LogP contribution in [0, 0.1) is 0 Å². The number of nitrogen functional groups attached to an aromatic ring is 1. The first-order valence-electron chi connectivity index (χ1n) is 5.48. The molecule has 1 rings (SSSR count). The topological polar surface area (TPSA) is 29.3 Å². The fourth-order valence-corrected chi connectivity index (χ4v) is 1.71. The molecule has 0 heterocycles. The highest BCUT2D eigenvalue weighted by atomic mass is 35.5. The lowest BCUT2D eigenvalue weighted by Crippen LogP contribution is -2.25. The van der Waals surface area contributed by atoms with Crippen molar-refractivity contribution in [2.24, 2.45) is 0 Å². The number of hydrogen-bond acceptors (Lipinski definition) is 2. The van der Waals surface area contributed by atoms with Crippen molar-refractivity contribution in [1.29, 1.82) is 0 Å². The summed E-state index contributed by atoms with van der Waals surface area (Å²) in [6.45, 7) is 4.31. The van der Waals surface area contributed by atoms with Crippen molar-refractivity contribution in [3.8, 4) is 0 Å². The number of nitrogens with zero attached hydrogens (tertiary/aromatic N) is 1. The van der Waals surface area contributed by atoms with Crippen molar-refractivity contribution in [3.05, 3.63) is 28.3 Å². The molecule has 0 saturated carbocycles. The molecule has 0 unspecified atom stereocenters. The van der Waals surface area contributed by atoms with E-state index in [-0.39, 0.29) is 11.1 Å². The fourth-order valence-electron chi connectivity index (χ4n) is 1.47. The molecule has 0 aliphatic heterocycles. The summed E-state index contributed by atoms with van der Waals surface area (Å²) in [4.78, 5) is 1.92. The third-order valence-corrected chi connectivity index (χ3v) is 3.12. The Morgan fingerprint density at radius 1 is 1.33 bits per heavy atom. The largest absolute Gasteiger partial charge is 0.418 e. The molecule has 2 nitrogen and oxygen atoms in total. The van der Waals surface area contributed by atoms with Crippen LogP contribution in [0.2, 0.25) is 5.02 Å². The molecule has 0 aromatic heterocycles. The zero-order chi connectivity index (χ0) is 14.1. The molecule has 2 N–H and O–H groups in total. The third kappa shape index (κ3) is 3.53. The quantitative estimate of drug-likeness (QED) is 0.854. The van der Waals surface area contributed by atoms with E-state index in [0.29, 0.717) is 12.1 Å². The van der Waals surface area contributed by atoms with E-state index in [2.05, 4.69) is 0 Å². The van der Waals surface area contributed by atoms with Gasteiger partial charge < -0.3 is 5.73 Å². The van der Waals surface area contributed by atoms with E-state index >= 15 is 0 Å². The second-order valence-electron chi connectivity index (χ2n) is 4.55. The summed E-state index contributed by atoms with van der Waals surface area (Å²) in [5, 5.41) is -0.0584. The van der Waals surface area contributed by atoms with Crippen LogP contribution in [0.4, 0.5) is 18.9 Å². The van der Waals surface area contributed by atoms with Crippen molar-refractivity contribution in [2.45, 2.75) is 32.6 Å². The van der Waals surface area contributed by atoms with Gasteiger partial charge in [0.1, 0.15) is 0 Å². The second kappa shape index (κ2) is 5.36. The first-order valence-corrected chi connectivity index (χ1v) is 5.86. The van der Waals surface area contributed by atoms with Crippen molar-refractivity contribution in [3.63, 3.8) is 0 Å². The number of anilines is 1. The molecule has 0 aliphatic rings. The van der Waals surface area contributed by atoms with Gasteiger partial charge in [-0.05, 0) is 38.6 Å². The molecule has 0 aliphatic carbocycles. The van der Waals surface area contributed by atoms with Gasteiger partial charge in [0.15, 0.2) is 0 Å². The summed E-state index contributed by atoms with van der Waals surface area (Å²) in [7, 11) is 1.84. The number of halogens is 4. The maximum Gasteiger partial charge on any atom is 0.418 e. The van der Waals surface area contributed by atoms with Crippen LogP contribution in [-0.4, -0.2) is 18.0 Å². The highest BCUT2D eigenvalue weighted by Gasteiger charge is 2.34. The Balaban J connectivity index is 3.13. The third-order valence-electron chi connectivity index (χ3n) is 2.81. The maximum absolute atomic E-state index is 12.8. The Hall–Kier alpha value is -0.940. The Morgan fingerprint density at radius 2 is 1.89 bits per heavy atom. The van der Waals surface area contributed by atoms with E-state index in [0.717, 1.165) is 6.07 Å². The van der Waals surface area contributed by atoms with E-state index < -0.39 is 17.4 Å². The van der Waals surface area contributed by atoms with Gasteiger partial charge in [-0.15, -0.1) is 0 Å². The van der Waals surface area contributed by atoms with Crippen LogP contribution in [-0.2, 0) is 12.7 Å². The molecule has 18 heavy (non-hydrogen) atoms. The Bertz CT molecular complexity index is 430. The number of alkyl halides is 3. The smallest absolute Gasteiger partial charge is 0.397 e. The van der Waals surface area contributed by atoms with Crippen LogP contribution in [0.3, 0.4) is 0 Å². The van der Waals surface area contributed by atoms with E-state index in [1.807, 2.05) is 25.8 Å².